The van der Waals surface area contributed by atoms with Gasteiger partial charge < -0.3 is 10.5 Å². The maximum atomic E-state index is 12.8. The standard InChI is InChI=1S/C15H23NO3S/c1-3-11-5-4-6-13(9-11)20(17,18)15-10-12(19-2)7-8-14(15)16/h7-8,10-11,13H,3-6,9,16H2,1-2H3. The Morgan fingerprint density at radius 1 is 1.35 bits per heavy atom. The lowest BCUT2D eigenvalue weighted by atomic mass is 9.87. The van der Waals surface area contributed by atoms with E-state index >= 15 is 0 Å². The number of sulfone groups is 1. The van der Waals surface area contributed by atoms with Gasteiger partial charge in [-0.2, -0.15) is 0 Å². The maximum absolute atomic E-state index is 12.8. The molecule has 112 valence electrons. The lowest BCUT2D eigenvalue weighted by Gasteiger charge is -2.28. The zero-order valence-electron chi connectivity index (χ0n) is 12.1. The Hall–Kier alpha value is -1.23. The molecule has 1 aromatic carbocycles. The summed E-state index contributed by atoms with van der Waals surface area (Å²) < 4.78 is 30.7. The number of hydrogen-bond donors (Lipinski definition) is 1. The van der Waals surface area contributed by atoms with Crippen molar-refractivity contribution >= 4 is 15.5 Å². The van der Waals surface area contributed by atoms with Crippen LogP contribution in [0.5, 0.6) is 5.75 Å². The number of methoxy groups -OCH3 is 1. The quantitative estimate of drug-likeness (QED) is 0.867. The van der Waals surface area contributed by atoms with Gasteiger partial charge in [0.05, 0.1) is 22.9 Å². The number of rotatable bonds is 4. The fourth-order valence-electron chi connectivity index (χ4n) is 2.96. The first-order valence-corrected chi connectivity index (χ1v) is 8.71. The van der Waals surface area contributed by atoms with E-state index in [0.29, 0.717) is 17.4 Å². The normalized spacial score (nSPS) is 23.5. The molecule has 0 radical (unpaired) electrons. The van der Waals surface area contributed by atoms with Crippen LogP contribution in [-0.4, -0.2) is 20.8 Å². The molecule has 20 heavy (non-hydrogen) atoms. The average Bonchev–Trinajstić information content (AvgIpc) is 2.47. The van der Waals surface area contributed by atoms with Gasteiger partial charge in [0.1, 0.15) is 5.75 Å². The van der Waals surface area contributed by atoms with Crippen LogP contribution in [0.3, 0.4) is 0 Å². The first kappa shape index (κ1) is 15.2. The fourth-order valence-corrected chi connectivity index (χ4v) is 5.00. The number of ether oxygens (including phenoxy) is 1. The summed E-state index contributed by atoms with van der Waals surface area (Å²) in [6.07, 6.45) is 4.63. The molecule has 4 nitrogen and oxygen atoms in total. The summed E-state index contributed by atoms with van der Waals surface area (Å²) in [4.78, 5) is 0.221. The molecule has 2 rings (SSSR count). The summed E-state index contributed by atoms with van der Waals surface area (Å²) in [7, 11) is -1.85. The topological polar surface area (TPSA) is 69.4 Å². The van der Waals surface area contributed by atoms with Gasteiger partial charge in [0.15, 0.2) is 9.84 Å². The molecular weight excluding hydrogens is 274 g/mol. The Labute approximate surface area is 121 Å². The van der Waals surface area contributed by atoms with E-state index in [1.807, 2.05) is 0 Å². The van der Waals surface area contributed by atoms with Crippen molar-refractivity contribution in [3.63, 3.8) is 0 Å². The molecule has 1 aliphatic carbocycles. The van der Waals surface area contributed by atoms with Gasteiger partial charge in [0.2, 0.25) is 0 Å². The summed E-state index contributed by atoms with van der Waals surface area (Å²) >= 11 is 0. The van der Waals surface area contributed by atoms with E-state index in [2.05, 4.69) is 6.92 Å². The first-order chi connectivity index (χ1) is 9.48. The zero-order valence-corrected chi connectivity index (χ0v) is 12.9. The van der Waals surface area contributed by atoms with Gasteiger partial charge >= 0.3 is 0 Å². The summed E-state index contributed by atoms with van der Waals surface area (Å²) in [5.74, 6) is 1.04. The number of nitrogens with two attached hydrogens (primary N) is 1. The van der Waals surface area contributed by atoms with E-state index < -0.39 is 9.84 Å². The molecular formula is C15H23NO3S. The molecule has 1 saturated carbocycles. The minimum atomic E-state index is -3.37. The zero-order chi connectivity index (χ0) is 14.8. The highest BCUT2D eigenvalue weighted by atomic mass is 32.2. The van der Waals surface area contributed by atoms with Crippen LogP contribution in [0, 0.1) is 5.92 Å². The second-order valence-corrected chi connectivity index (χ2v) is 7.71. The van der Waals surface area contributed by atoms with E-state index in [1.165, 1.54) is 7.11 Å². The fraction of sp³-hybridized carbons (Fsp3) is 0.600. The highest BCUT2D eigenvalue weighted by Crippen LogP contribution is 2.36. The van der Waals surface area contributed by atoms with E-state index in [1.54, 1.807) is 18.2 Å². The summed E-state index contributed by atoms with van der Waals surface area (Å²) in [5.41, 5.74) is 6.18. The summed E-state index contributed by atoms with van der Waals surface area (Å²) in [6.45, 7) is 2.12. The van der Waals surface area contributed by atoms with Crippen molar-refractivity contribution in [2.45, 2.75) is 49.2 Å². The second-order valence-electron chi connectivity index (χ2n) is 5.51. The van der Waals surface area contributed by atoms with E-state index in [-0.39, 0.29) is 10.1 Å². The molecule has 0 bridgehead atoms. The van der Waals surface area contributed by atoms with Crippen molar-refractivity contribution in [2.24, 2.45) is 5.92 Å². The highest BCUT2D eigenvalue weighted by molar-refractivity contribution is 7.92. The Kier molecular flexibility index (Phi) is 4.58. The SMILES string of the molecule is CCC1CCCC(S(=O)(=O)c2cc(OC)ccc2N)C1. The Morgan fingerprint density at radius 2 is 2.10 bits per heavy atom. The minimum absolute atomic E-state index is 0.221. The number of benzene rings is 1. The lowest BCUT2D eigenvalue weighted by molar-refractivity contribution is 0.348. The Balaban J connectivity index is 2.34. The molecule has 2 unspecified atom stereocenters. The summed E-state index contributed by atoms with van der Waals surface area (Å²) in [5, 5.41) is -0.310. The molecule has 1 fully saturated rings. The third-order valence-corrected chi connectivity index (χ3v) is 6.55. The summed E-state index contributed by atoms with van der Waals surface area (Å²) in [6, 6.07) is 4.83. The van der Waals surface area contributed by atoms with Crippen LogP contribution in [0.15, 0.2) is 23.1 Å². The number of anilines is 1. The van der Waals surface area contributed by atoms with Gasteiger partial charge in [0, 0.05) is 6.07 Å². The Bertz CT molecular complexity index is 568. The van der Waals surface area contributed by atoms with Crippen LogP contribution in [0.2, 0.25) is 0 Å². The van der Waals surface area contributed by atoms with Crippen molar-refractivity contribution in [1.29, 1.82) is 0 Å². The molecule has 0 aliphatic heterocycles. The van der Waals surface area contributed by atoms with Crippen LogP contribution in [0.1, 0.15) is 39.0 Å². The van der Waals surface area contributed by atoms with Gasteiger partial charge in [-0.05, 0) is 30.9 Å². The molecule has 0 heterocycles. The Morgan fingerprint density at radius 3 is 2.75 bits per heavy atom. The molecule has 0 aromatic heterocycles. The van der Waals surface area contributed by atoms with Gasteiger partial charge in [-0.3, -0.25) is 0 Å². The highest BCUT2D eigenvalue weighted by Gasteiger charge is 2.33. The van der Waals surface area contributed by atoms with Gasteiger partial charge in [0.25, 0.3) is 0 Å². The monoisotopic (exact) mass is 297 g/mol. The molecule has 0 amide bonds. The van der Waals surface area contributed by atoms with Gasteiger partial charge in [-0.25, -0.2) is 8.42 Å². The predicted molar refractivity (Wildman–Crippen MR) is 80.6 cm³/mol. The minimum Gasteiger partial charge on any atom is -0.497 e. The smallest absolute Gasteiger partial charge is 0.183 e. The molecule has 2 atom stereocenters. The van der Waals surface area contributed by atoms with Crippen molar-refractivity contribution in [2.75, 3.05) is 12.8 Å². The number of hydrogen-bond acceptors (Lipinski definition) is 4. The van der Waals surface area contributed by atoms with Gasteiger partial charge in [-0.1, -0.05) is 26.2 Å². The molecule has 5 heteroatoms. The average molecular weight is 297 g/mol. The van der Waals surface area contributed by atoms with Crippen molar-refractivity contribution in [1.82, 2.24) is 0 Å². The number of nitrogen functional groups attached to an aromatic ring is 1. The third-order valence-electron chi connectivity index (χ3n) is 4.28. The molecule has 0 saturated heterocycles. The first-order valence-electron chi connectivity index (χ1n) is 7.16. The predicted octanol–water partition coefficient (Wildman–Crippen LogP) is 3.02. The molecule has 1 aliphatic rings. The van der Waals surface area contributed by atoms with Crippen LogP contribution in [0.4, 0.5) is 5.69 Å². The lowest BCUT2D eigenvalue weighted by Crippen LogP contribution is -2.28. The van der Waals surface area contributed by atoms with E-state index in [4.69, 9.17) is 10.5 Å². The molecule has 2 N–H and O–H groups in total. The van der Waals surface area contributed by atoms with Crippen LogP contribution >= 0.6 is 0 Å². The van der Waals surface area contributed by atoms with E-state index in [9.17, 15) is 8.42 Å². The largest absolute Gasteiger partial charge is 0.497 e. The van der Waals surface area contributed by atoms with Crippen LogP contribution in [0.25, 0.3) is 0 Å². The van der Waals surface area contributed by atoms with E-state index in [0.717, 1.165) is 32.1 Å². The maximum Gasteiger partial charge on any atom is 0.183 e. The van der Waals surface area contributed by atoms with Crippen LogP contribution in [-0.2, 0) is 9.84 Å². The molecule has 1 aromatic rings. The second kappa shape index (κ2) is 6.04. The van der Waals surface area contributed by atoms with Gasteiger partial charge in [-0.15, -0.1) is 0 Å². The van der Waals surface area contributed by atoms with Crippen molar-refractivity contribution in [3.8, 4) is 5.75 Å². The van der Waals surface area contributed by atoms with Crippen molar-refractivity contribution in [3.05, 3.63) is 18.2 Å². The van der Waals surface area contributed by atoms with Crippen LogP contribution < -0.4 is 10.5 Å². The third kappa shape index (κ3) is 2.92. The van der Waals surface area contributed by atoms with Crippen molar-refractivity contribution < 1.29 is 13.2 Å². The molecule has 0 spiro atoms.